The fourth-order valence-corrected chi connectivity index (χ4v) is 3.71. The standard InChI is InChI=1S/C24H38N4O12S/c1-13(29)28-16(22(37)38)5-4-14(30)10-19(34)41-9-8-26-17(31)6-7-27-21(36)20(35)24(2,3)12-40-23(39)15(25)11-18(32)33/h15-16,20,35H,4-12,25H2,1-3H3,(H,26,31)(H,27,36)(H,28,29)(H,32,33)(H,37,38)/t15-,16-,20-/m0/s1. The van der Waals surface area contributed by atoms with Crippen LogP contribution in [-0.4, -0.2) is 105 Å². The Morgan fingerprint density at radius 1 is 0.976 bits per heavy atom. The lowest BCUT2D eigenvalue weighted by atomic mass is 9.87. The molecule has 0 aliphatic carbocycles. The zero-order valence-electron chi connectivity index (χ0n) is 23.1. The smallest absolute Gasteiger partial charge is 0.326 e. The minimum Gasteiger partial charge on any atom is -0.481 e. The van der Waals surface area contributed by atoms with E-state index >= 15 is 0 Å². The van der Waals surface area contributed by atoms with Crippen LogP contribution in [0.4, 0.5) is 0 Å². The SMILES string of the molecule is CC(=O)N[C@@H](CCC(=O)CC(=O)SCCNC(=O)CCNC(=O)[C@H](O)C(C)(C)COC(=O)[C@@H](N)CC(=O)O)C(=O)O. The molecule has 3 atom stereocenters. The number of hydrogen-bond donors (Lipinski definition) is 7. The van der Waals surface area contributed by atoms with Gasteiger partial charge in [0.15, 0.2) is 5.12 Å². The highest BCUT2D eigenvalue weighted by Crippen LogP contribution is 2.21. The number of nitrogens with one attached hydrogen (secondary N) is 3. The van der Waals surface area contributed by atoms with E-state index in [4.69, 9.17) is 20.7 Å². The molecule has 17 heteroatoms. The van der Waals surface area contributed by atoms with Crippen molar-refractivity contribution in [1.29, 1.82) is 0 Å². The quantitative estimate of drug-likeness (QED) is 0.0446. The molecule has 0 aromatic rings. The maximum Gasteiger partial charge on any atom is 0.326 e. The topological polar surface area (TPSA) is 269 Å². The van der Waals surface area contributed by atoms with Crippen molar-refractivity contribution in [3.8, 4) is 0 Å². The van der Waals surface area contributed by atoms with E-state index in [1.54, 1.807) is 0 Å². The van der Waals surface area contributed by atoms with Crippen molar-refractivity contribution in [2.24, 2.45) is 11.1 Å². The van der Waals surface area contributed by atoms with Crippen LogP contribution in [-0.2, 0) is 43.1 Å². The van der Waals surface area contributed by atoms with Gasteiger partial charge in [-0.1, -0.05) is 25.6 Å². The second-order valence-electron chi connectivity index (χ2n) is 9.66. The molecule has 0 heterocycles. The van der Waals surface area contributed by atoms with Crippen LogP contribution in [0.3, 0.4) is 0 Å². The molecule has 0 unspecified atom stereocenters. The summed E-state index contributed by atoms with van der Waals surface area (Å²) < 4.78 is 4.91. The number of aliphatic hydroxyl groups excluding tert-OH is 1. The van der Waals surface area contributed by atoms with Gasteiger partial charge in [0.25, 0.3) is 0 Å². The van der Waals surface area contributed by atoms with Crippen molar-refractivity contribution in [2.45, 2.75) is 71.1 Å². The Balaban J connectivity index is 4.24. The summed E-state index contributed by atoms with van der Waals surface area (Å²) in [4.78, 5) is 92.4. The predicted octanol–water partition coefficient (Wildman–Crippen LogP) is -2.07. The summed E-state index contributed by atoms with van der Waals surface area (Å²) in [6, 6.07) is -2.62. The van der Waals surface area contributed by atoms with Crippen LogP contribution in [0.1, 0.15) is 52.9 Å². The molecule has 0 aliphatic heterocycles. The zero-order valence-corrected chi connectivity index (χ0v) is 23.9. The number of aliphatic hydroxyl groups is 1. The first kappa shape index (κ1) is 37.4. The highest BCUT2D eigenvalue weighted by Gasteiger charge is 2.35. The van der Waals surface area contributed by atoms with Gasteiger partial charge in [-0.05, 0) is 6.42 Å². The molecule has 0 aromatic heterocycles. The molecule has 0 rings (SSSR count). The molecule has 0 fully saturated rings. The summed E-state index contributed by atoms with van der Waals surface area (Å²) >= 11 is 0.808. The van der Waals surface area contributed by atoms with Crippen LogP contribution in [0.5, 0.6) is 0 Å². The van der Waals surface area contributed by atoms with E-state index in [9.17, 15) is 43.5 Å². The predicted molar refractivity (Wildman–Crippen MR) is 143 cm³/mol. The Kier molecular flexibility index (Phi) is 17.1. The van der Waals surface area contributed by atoms with E-state index in [-0.39, 0.29) is 38.1 Å². The summed E-state index contributed by atoms with van der Waals surface area (Å²) in [6.45, 7) is 3.56. The Morgan fingerprint density at radius 3 is 2.17 bits per heavy atom. The van der Waals surface area contributed by atoms with Crippen molar-refractivity contribution in [3.05, 3.63) is 0 Å². The van der Waals surface area contributed by atoms with Crippen LogP contribution in [0.25, 0.3) is 0 Å². The summed E-state index contributed by atoms with van der Waals surface area (Å²) in [6.07, 6.45) is -3.19. The number of carbonyl (C=O) groups is 8. The Morgan fingerprint density at radius 2 is 1.61 bits per heavy atom. The second-order valence-corrected chi connectivity index (χ2v) is 10.8. The molecule has 0 saturated heterocycles. The van der Waals surface area contributed by atoms with Crippen molar-refractivity contribution in [1.82, 2.24) is 16.0 Å². The van der Waals surface area contributed by atoms with Gasteiger partial charge in [0.05, 0.1) is 19.4 Å². The third kappa shape index (κ3) is 17.0. The van der Waals surface area contributed by atoms with E-state index in [1.165, 1.54) is 13.8 Å². The molecule has 41 heavy (non-hydrogen) atoms. The van der Waals surface area contributed by atoms with Crippen LogP contribution >= 0.6 is 11.8 Å². The molecular formula is C24H38N4O12S. The van der Waals surface area contributed by atoms with Crippen molar-refractivity contribution >= 4 is 58.3 Å². The summed E-state index contributed by atoms with van der Waals surface area (Å²) in [5.74, 6) is -5.73. The van der Waals surface area contributed by atoms with E-state index in [0.717, 1.165) is 18.7 Å². The maximum atomic E-state index is 12.2. The van der Waals surface area contributed by atoms with Gasteiger partial charge in [-0.2, -0.15) is 0 Å². The Labute approximate surface area is 240 Å². The zero-order chi connectivity index (χ0) is 31.8. The van der Waals surface area contributed by atoms with Gasteiger partial charge < -0.3 is 41.7 Å². The van der Waals surface area contributed by atoms with Gasteiger partial charge in [-0.25, -0.2) is 4.79 Å². The number of ether oxygens (including phenoxy) is 1. The Bertz CT molecular complexity index is 988. The normalized spacial score (nSPS) is 13.2. The van der Waals surface area contributed by atoms with Crippen LogP contribution in [0.15, 0.2) is 0 Å². The molecule has 0 bridgehead atoms. The molecule has 0 aromatic carbocycles. The molecule has 0 aliphatic rings. The van der Waals surface area contributed by atoms with E-state index < -0.39 is 89.6 Å². The Hall–Kier alpha value is -3.57. The average molecular weight is 607 g/mol. The van der Waals surface area contributed by atoms with Crippen LogP contribution in [0.2, 0.25) is 0 Å². The number of hydrogen-bond acceptors (Lipinski definition) is 12. The van der Waals surface area contributed by atoms with Crippen LogP contribution < -0.4 is 21.7 Å². The third-order valence-electron chi connectivity index (χ3n) is 5.34. The van der Waals surface area contributed by atoms with Crippen molar-refractivity contribution in [2.75, 3.05) is 25.4 Å². The third-order valence-corrected chi connectivity index (χ3v) is 6.21. The van der Waals surface area contributed by atoms with E-state index in [2.05, 4.69) is 16.0 Å². The first-order valence-electron chi connectivity index (χ1n) is 12.5. The molecule has 0 radical (unpaired) electrons. The number of nitrogens with two attached hydrogens (primary N) is 1. The highest BCUT2D eigenvalue weighted by atomic mass is 32.2. The molecule has 232 valence electrons. The largest absolute Gasteiger partial charge is 0.481 e. The minimum absolute atomic E-state index is 0.0893. The van der Waals surface area contributed by atoms with E-state index in [0.29, 0.717) is 0 Å². The minimum atomic E-state index is -1.63. The molecule has 0 spiro atoms. The lowest BCUT2D eigenvalue weighted by Gasteiger charge is -2.29. The van der Waals surface area contributed by atoms with Crippen LogP contribution in [0, 0.1) is 5.41 Å². The fraction of sp³-hybridized carbons (Fsp3) is 0.667. The maximum absolute atomic E-state index is 12.2. The summed E-state index contributed by atoms with van der Waals surface area (Å²) in [7, 11) is 0. The van der Waals surface area contributed by atoms with Gasteiger partial charge in [0, 0.05) is 44.0 Å². The summed E-state index contributed by atoms with van der Waals surface area (Å²) in [5, 5.41) is 34.6. The van der Waals surface area contributed by atoms with Crippen molar-refractivity contribution < 1.29 is 58.4 Å². The van der Waals surface area contributed by atoms with Gasteiger partial charge in [-0.3, -0.25) is 33.6 Å². The first-order chi connectivity index (χ1) is 19.0. The van der Waals surface area contributed by atoms with Gasteiger partial charge >= 0.3 is 17.9 Å². The number of carbonyl (C=O) groups excluding carboxylic acids is 6. The monoisotopic (exact) mass is 606 g/mol. The molecule has 8 N–H and O–H groups in total. The van der Waals surface area contributed by atoms with Crippen molar-refractivity contribution in [3.63, 3.8) is 0 Å². The number of amides is 3. The molecular weight excluding hydrogens is 568 g/mol. The van der Waals surface area contributed by atoms with E-state index in [1.807, 2.05) is 0 Å². The number of rotatable bonds is 20. The van der Waals surface area contributed by atoms with Gasteiger partial charge in [-0.15, -0.1) is 0 Å². The summed E-state index contributed by atoms with van der Waals surface area (Å²) in [5.41, 5.74) is 4.15. The van der Waals surface area contributed by atoms with Gasteiger partial charge in [0.2, 0.25) is 17.7 Å². The second kappa shape index (κ2) is 18.7. The first-order valence-corrected chi connectivity index (χ1v) is 13.5. The molecule has 3 amide bonds. The number of carboxylic acid groups (broad SMARTS) is 2. The molecule has 16 nitrogen and oxygen atoms in total. The average Bonchev–Trinajstić information content (AvgIpc) is 2.86. The number of aliphatic carboxylic acids is 2. The number of carboxylic acids is 2. The number of esters is 1. The molecule has 0 saturated carbocycles. The lowest BCUT2D eigenvalue weighted by Crippen LogP contribution is -2.47. The van der Waals surface area contributed by atoms with Gasteiger partial charge in [0.1, 0.15) is 24.0 Å². The number of ketones is 1. The fourth-order valence-electron chi connectivity index (χ4n) is 3.02. The highest BCUT2D eigenvalue weighted by molar-refractivity contribution is 8.13. The lowest BCUT2D eigenvalue weighted by molar-refractivity contribution is -0.156. The number of Topliss-reactive ketones (excluding diaryl/α,β-unsaturated/α-hetero) is 1. The number of thioether (sulfide) groups is 1.